The summed E-state index contributed by atoms with van der Waals surface area (Å²) in [7, 11) is 1.67. The molecule has 0 heterocycles. The fraction of sp³-hybridized carbons (Fsp3) is 0.538. The van der Waals surface area contributed by atoms with Crippen molar-refractivity contribution in [2.24, 2.45) is 0 Å². The maximum absolute atomic E-state index is 5.48. The van der Waals surface area contributed by atoms with Crippen LogP contribution in [0.15, 0.2) is 18.2 Å². The number of hydrogen-bond donors (Lipinski definition) is 1. The first-order chi connectivity index (χ1) is 7.72. The third-order valence-electron chi connectivity index (χ3n) is 2.50. The Bertz CT molecular complexity index is 326. The fourth-order valence-electron chi connectivity index (χ4n) is 1.65. The van der Waals surface area contributed by atoms with Gasteiger partial charge < -0.3 is 14.8 Å². The van der Waals surface area contributed by atoms with Crippen LogP contribution in [0, 0.1) is 0 Å². The summed E-state index contributed by atoms with van der Waals surface area (Å²) in [6, 6.07) is 6.39. The van der Waals surface area contributed by atoms with Crippen LogP contribution in [0.3, 0.4) is 0 Å². The monoisotopic (exact) mass is 223 g/mol. The molecule has 3 nitrogen and oxygen atoms in total. The molecule has 0 fully saturated rings. The minimum Gasteiger partial charge on any atom is -0.493 e. The minimum atomic E-state index is 0.328. The molecule has 16 heavy (non-hydrogen) atoms. The standard InChI is InChI=1S/C13H21NO2/c1-5-14-10(3)11-7-8-12(16-6-2)13(9-11)15-4/h7-10,14H,5-6H2,1-4H3. The van der Waals surface area contributed by atoms with Crippen molar-refractivity contribution in [1.29, 1.82) is 0 Å². The van der Waals surface area contributed by atoms with E-state index in [1.807, 2.05) is 19.1 Å². The first-order valence-corrected chi connectivity index (χ1v) is 5.77. The molecule has 0 aliphatic heterocycles. The Labute approximate surface area is 97.8 Å². The summed E-state index contributed by atoms with van der Waals surface area (Å²) < 4.78 is 10.8. The van der Waals surface area contributed by atoms with Crippen molar-refractivity contribution in [1.82, 2.24) is 5.32 Å². The van der Waals surface area contributed by atoms with Crippen molar-refractivity contribution < 1.29 is 9.47 Å². The topological polar surface area (TPSA) is 30.5 Å². The van der Waals surface area contributed by atoms with Crippen LogP contribution >= 0.6 is 0 Å². The van der Waals surface area contributed by atoms with Crippen molar-refractivity contribution in [2.75, 3.05) is 20.3 Å². The van der Waals surface area contributed by atoms with Crippen molar-refractivity contribution in [3.05, 3.63) is 23.8 Å². The van der Waals surface area contributed by atoms with Gasteiger partial charge in [0.15, 0.2) is 11.5 Å². The zero-order valence-corrected chi connectivity index (χ0v) is 10.5. The zero-order chi connectivity index (χ0) is 12.0. The van der Waals surface area contributed by atoms with Crippen molar-refractivity contribution in [2.45, 2.75) is 26.8 Å². The Kier molecular flexibility index (Phi) is 5.12. The molecule has 0 amide bonds. The molecule has 1 aromatic rings. The summed E-state index contributed by atoms with van der Waals surface area (Å²) in [6.45, 7) is 7.81. The van der Waals surface area contributed by atoms with Crippen LogP contribution < -0.4 is 14.8 Å². The molecular weight excluding hydrogens is 202 g/mol. The van der Waals surface area contributed by atoms with E-state index >= 15 is 0 Å². The van der Waals surface area contributed by atoms with Gasteiger partial charge >= 0.3 is 0 Å². The molecule has 0 aliphatic rings. The molecule has 1 N–H and O–H groups in total. The number of nitrogens with one attached hydrogen (secondary N) is 1. The van der Waals surface area contributed by atoms with E-state index < -0.39 is 0 Å². The van der Waals surface area contributed by atoms with Gasteiger partial charge in [0.05, 0.1) is 13.7 Å². The summed E-state index contributed by atoms with van der Waals surface area (Å²) in [4.78, 5) is 0. The van der Waals surface area contributed by atoms with Gasteiger partial charge in [0.2, 0.25) is 0 Å². The zero-order valence-electron chi connectivity index (χ0n) is 10.5. The quantitative estimate of drug-likeness (QED) is 0.804. The average Bonchev–Trinajstić information content (AvgIpc) is 2.30. The molecule has 0 radical (unpaired) electrons. The van der Waals surface area contributed by atoms with Gasteiger partial charge in [-0.3, -0.25) is 0 Å². The molecule has 0 saturated carbocycles. The molecule has 1 aromatic carbocycles. The highest BCUT2D eigenvalue weighted by molar-refractivity contribution is 5.43. The molecule has 90 valence electrons. The van der Waals surface area contributed by atoms with Gasteiger partial charge in [-0.1, -0.05) is 13.0 Å². The van der Waals surface area contributed by atoms with Crippen LogP contribution in [0.4, 0.5) is 0 Å². The lowest BCUT2D eigenvalue weighted by Crippen LogP contribution is -2.17. The van der Waals surface area contributed by atoms with Gasteiger partial charge in [-0.25, -0.2) is 0 Å². The average molecular weight is 223 g/mol. The second kappa shape index (κ2) is 6.38. The van der Waals surface area contributed by atoms with Crippen molar-refractivity contribution in [3.8, 4) is 11.5 Å². The SMILES string of the molecule is CCNC(C)c1ccc(OCC)c(OC)c1. The summed E-state index contributed by atoms with van der Waals surface area (Å²) >= 11 is 0. The molecule has 0 spiro atoms. The molecule has 0 aliphatic carbocycles. The van der Waals surface area contributed by atoms with Crippen LogP contribution in [-0.4, -0.2) is 20.3 Å². The molecule has 1 atom stereocenters. The maximum Gasteiger partial charge on any atom is 0.161 e. The Balaban J connectivity index is 2.89. The lowest BCUT2D eigenvalue weighted by atomic mass is 10.1. The molecular formula is C13H21NO2. The first-order valence-electron chi connectivity index (χ1n) is 5.77. The minimum absolute atomic E-state index is 0.328. The van der Waals surface area contributed by atoms with E-state index in [9.17, 15) is 0 Å². The van der Waals surface area contributed by atoms with Gasteiger partial charge in [-0.15, -0.1) is 0 Å². The van der Waals surface area contributed by atoms with Crippen LogP contribution in [0.1, 0.15) is 32.4 Å². The van der Waals surface area contributed by atoms with Gasteiger partial charge in [-0.2, -0.15) is 0 Å². The van der Waals surface area contributed by atoms with Crippen molar-refractivity contribution >= 4 is 0 Å². The maximum atomic E-state index is 5.48. The van der Waals surface area contributed by atoms with Gasteiger partial charge in [0, 0.05) is 6.04 Å². The largest absolute Gasteiger partial charge is 0.493 e. The molecule has 1 rings (SSSR count). The molecule has 0 saturated heterocycles. The summed E-state index contributed by atoms with van der Waals surface area (Å²) in [5, 5.41) is 3.37. The van der Waals surface area contributed by atoms with Crippen LogP contribution in [-0.2, 0) is 0 Å². The lowest BCUT2D eigenvalue weighted by Gasteiger charge is -2.15. The van der Waals surface area contributed by atoms with E-state index in [-0.39, 0.29) is 0 Å². The van der Waals surface area contributed by atoms with E-state index in [1.54, 1.807) is 7.11 Å². The normalized spacial score (nSPS) is 12.2. The summed E-state index contributed by atoms with van der Waals surface area (Å²) in [6.07, 6.45) is 0. The van der Waals surface area contributed by atoms with E-state index in [4.69, 9.17) is 9.47 Å². The van der Waals surface area contributed by atoms with E-state index in [1.165, 1.54) is 5.56 Å². The second-order valence-corrected chi connectivity index (χ2v) is 3.62. The molecule has 0 bridgehead atoms. The fourth-order valence-corrected chi connectivity index (χ4v) is 1.65. The molecule has 3 heteroatoms. The van der Waals surface area contributed by atoms with Crippen LogP contribution in [0.5, 0.6) is 11.5 Å². The van der Waals surface area contributed by atoms with Crippen LogP contribution in [0.25, 0.3) is 0 Å². The van der Waals surface area contributed by atoms with Crippen molar-refractivity contribution in [3.63, 3.8) is 0 Å². The predicted octanol–water partition coefficient (Wildman–Crippen LogP) is 2.76. The Morgan fingerprint density at radius 1 is 1.25 bits per heavy atom. The predicted molar refractivity (Wildman–Crippen MR) is 66.3 cm³/mol. The van der Waals surface area contributed by atoms with Gasteiger partial charge in [0.25, 0.3) is 0 Å². The molecule has 1 unspecified atom stereocenters. The second-order valence-electron chi connectivity index (χ2n) is 3.62. The van der Waals surface area contributed by atoms with Crippen LogP contribution in [0.2, 0.25) is 0 Å². The van der Waals surface area contributed by atoms with E-state index in [2.05, 4.69) is 25.2 Å². The number of rotatable bonds is 6. The third-order valence-corrected chi connectivity index (χ3v) is 2.50. The highest BCUT2D eigenvalue weighted by Gasteiger charge is 2.09. The van der Waals surface area contributed by atoms with E-state index in [0.717, 1.165) is 18.0 Å². The lowest BCUT2D eigenvalue weighted by molar-refractivity contribution is 0.310. The highest BCUT2D eigenvalue weighted by atomic mass is 16.5. The van der Waals surface area contributed by atoms with E-state index in [0.29, 0.717) is 12.6 Å². The van der Waals surface area contributed by atoms with Gasteiger partial charge in [-0.05, 0) is 38.1 Å². The number of benzene rings is 1. The Morgan fingerprint density at radius 3 is 2.56 bits per heavy atom. The number of hydrogen-bond acceptors (Lipinski definition) is 3. The Hall–Kier alpha value is -1.22. The first kappa shape index (κ1) is 12.8. The third kappa shape index (κ3) is 3.14. The Morgan fingerprint density at radius 2 is 2.00 bits per heavy atom. The highest BCUT2D eigenvalue weighted by Crippen LogP contribution is 2.30. The number of ether oxygens (including phenoxy) is 2. The summed E-state index contributed by atoms with van der Waals surface area (Å²) in [5.41, 5.74) is 1.21. The molecule has 0 aromatic heterocycles. The number of methoxy groups -OCH3 is 1. The summed E-state index contributed by atoms with van der Waals surface area (Å²) in [5.74, 6) is 1.60. The smallest absolute Gasteiger partial charge is 0.161 e. The van der Waals surface area contributed by atoms with Gasteiger partial charge in [0.1, 0.15) is 0 Å².